The van der Waals surface area contributed by atoms with Crippen LogP contribution in [-0.4, -0.2) is 13.0 Å². The second kappa shape index (κ2) is 5.57. The van der Waals surface area contributed by atoms with Gasteiger partial charge in [0.1, 0.15) is 5.75 Å². The zero-order valence-corrected chi connectivity index (χ0v) is 12.5. The highest BCUT2D eigenvalue weighted by Crippen LogP contribution is 2.25. The van der Waals surface area contributed by atoms with Crippen LogP contribution in [0.5, 0.6) is 5.75 Å². The van der Waals surface area contributed by atoms with Crippen molar-refractivity contribution in [3.63, 3.8) is 0 Å². The van der Waals surface area contributed by atoms with Crippen molar-refractivity contribution >= 4 is 51.2 Å². The average molecular weight is 374 g/mol. The molecule has 0 bridgehead atoms. The van der Waals surface area contributed by atoms with Gasteiger partial charge in [0.05, 0.1) is 26.9 Å². The van der Waals surface area contributed by atoms with Crippen molar-refractivity contribution in [3.05, 3.63) is 38.1 Å². The highest BCUT2D eigenvalue weighted by atomic mass is 127. The van der Waals surface area contributed by atoms with Crippen molar-refractivity contribution < 1.29 is 9.53 Å². The number of nitrogens with one attached hydrogen (secondary N) is 1. The molecule has 18 heavy (non-hydrogen) atoms. The number of benzene rings is 1. The number of hydrogen-bond acceptors (Lipinski definition) is 4. The molecule has 0 aliphatic carbocycles. The van der Waals surface area contributed by atoms with Gasteiger partial charge < -0.3 is 15.8 Å². The SMILES string of the molecule is COc1ccc(NC(=O)c2csc(I)c2)c(N)c1. The lowest BCUT2D eigenvalue weighted by Gasteiger charge is -2.08. The summed E-state index contributed by atoms with van der Waals surface area (Å²) in [5, 5.41) is 4.59. The van der Waals surface area contributed by atoms with Gasteiger partial charge in [-0.2, -0.15) is 0 Å². The van der Waals surface area contributed by atoms with Gasteiger partial charge in [0.2, 0.25) is 0 Å². The van der Waals surface area contributed by atoms with E-state index < -0.39 is 0 Å². The highest BCUT2D eigenvalue weighted by Gasteiger charge is 2.10. The Kier molecular flexibility index (Phi) is 4.07. The fraction of sp³-hybridized carbons (Fsp3) is 0.0833. The lowest BCUT2D eigenvalue weighted by atomic mass is 10.2. The van der Waals surface area contributed by atoms with Gasteiger partial charge in [0, 0.05) is 11.4 Å². The van der Waals surface area contributed by atoms with Gasteiger partial charge in [-0.25, -0.2) is 0 Å². The summed E-state index contributed by atoms with van der Waals surface area (Å²) in [5.74, 6) is 0.501. The monoisotopic (exact) mass is 374 g/mol. The van der Waals surface area contributed by atoms with Gasteiger partial charge >= 0.3 is 0 Å². The number of nitrogen functional groups attached to an aromatic ring is 1. The normalized spacial score (nSPS) is 10.1. The van der Waals surface area contributed by atoms with Crippen molar-refractivity contribution in [2.45, 2.75) is 0 Å². The van der Waals surface area contributed by atoms with Crippen LogP contribution in [0.4, 0.5) is 11.4 Å². The Balaban J connectivity index is 2.16. The number of rotatable bonds is 3. The van der Waals surface area contributed by atoms with Crippen LogP contribution in [0.3, 0.4) is 0 Å². The molecule has 0 atom stereocenters. The van der Waals surface area contributed by atoms with Crippen LogP contribution in [0, 0.1) is 2.88 Å². The molecule has 0 saturated carbocycles. The minimum Gasteiger partial charge on any atom is -0.497 e. The molecule has 0 unspecified atom stereocenters. The Bertz CT molecular complexity index is 583. The van der Waals surface area contributed by atoms with Crippen LogP contribution in [0.25, 0.3) is 0 Å². The molecule has 0 spiro atoms. The summed E-state index contributed by atoms with van der Waals surface area (Å²) in [6.07, 6.45) is 0. The van der Waals surface area contributed by atoms with Crippen molar-refractivity contribution in [1.82, 2.24) is 0 Å². The largest absolute Gasteiger partial charge is 0.497 e. The van der Waals surface area contributed by atoms with E-state index in [1.54, 1.807) is 25.3 Å². The lowest BCUT2D eigenvalue weighted by Crippen LogP contribution is -2.12. The van der Waals surface area contributed by atoms with Gasteiger partial charge in [-0.1, -0.05) is 0 Å². The number of methoxy groups -OCH3 is 1. The number of carbonyl (C=O) groups excluding carboxylic acids is 1. The number of anilines is 2. The summed E-state index contributed by atoms with van der Waals surface area (Å²) in [6.45, 7) is 0. The predicted octanol–water partition coefficient (Wildman–Crippen LogP) is 3.20. The summed E-state index contributed by atoms with van der Waals surface area (Å²) in [5.41, 5.74) is 7.54. The van der Waals surface area contributed by atoms with Crippen LogP contribution in [0.1, 0.15) is 10.4 Å². The van der Waals surface area contributed by atoms with Gasteiger partial charge in [0.25, 0.3) is 5.91 Å². The minimum atomic E-state index is -0.161. The maximum Gasteiger partial charge on any atom is 0.256 e. The Morgan fingerprint density at radius 3 is 2.78 bits per heavy atom. The molecule has 0 fully saturated rings. The fourth-order valence-corrected chi connectivity index (χ4v) is 2.73. The molecule has 4 nitrogen and oxygen atoms in total. The number of nitrogens with two attached hydrogens (primary N) is 1. The number of thiophene rings is 1. The lowest BCUT2D eigenvalue weighted by molar-refractivity contribution is 0.102. The van der Waals surface area contributed by atoms with E-state index in [1.807, 2.05) is 11.4 Å². The topological polar surface area (TPSA) is 64.3 Å². The van der Waals surface area contributed by atoms with E-state index in [0.717, 1.165) is 2.88 Å². The molecule has 1 aromatic carbocycles. The summed E-state index contributed by atoms with van der Waals surface area (Å²) < 4.78 is 6.12. The molecule has 2 aromatic rings. The third kappa shape index (κ3) is 2.94. The van der Waals surface area contributed by atoms with E-state index in [0.29, 0.717) is 22.7 Å². The number of carbonyl (C=O) groups is 1. The van der Waals surface area contributed by atoms with Crippen LogP contribution in [0.15, 0.2) is 29.6 Å². The number of halogens is 1. The van der Waals surface area contributed by atoms with E-state index in [-0.39, 0.29) is 5.91 Å². The standard InChI is InChI=1S/C12H11IN2O2S/c1-17-8-2-3-10(9(14)5-8)15-12(16)7-4-11(13)18-6-7/h2-6H,14H2,1H3,(H,15,16). The van der Waals surface area contributed by atoms with Crippen LogP contribution in [0.2, 0.25) is 0 Å². The quantitative estimate of drug-likeness (QED) is 0.641. The van der Waals surface area contributed by atoms with E-state index >= 15 is 0 Å². The van der Waals surface area contributed by atoms with E-state index in [2.05, 4.69) is 27.9 Å². The molecule has 6 heteroatoms. The molecule has 1 amide bonds. The molecule has 1 aromatic heterocycles. The Morgan fingerprint density at radius 2 is 2.22 bits per heavy atom. The van der Waals surface area contributed by atoms with Gasteiger partial charge in [0.15, 0.2) is 0 Å². The fourth-order valence-electron chi connectivity index (χ4n) is 1.41. The second-order valence-electron chi connectivity index (χ2n) is 3.55. The second-order valence-corrected chi connectivity index (χ2v) is 6.35. The highest BCUT2D eigenvalue weighted by molar-refractivity contribution is 14.1. The molecule has 0 aliphatic heterocycles. The molecular formula is C12H11IN2O2S. The van der Waals surface area contributed by atoms with Crippen LogP contribution in [-0.2, 0) is 0 Å². The average Bonchev–Trinajstić information content (AvgIpc) is 2.78. The summed E-state index contributed by atoms with van der Waals surface area (Å²) >= 11 is 3.71. The first-order valence-corrected chi connectivity index (χ1v) is 7.05. The Labute approximate surface area is 122 Å². The first-order chi connectivity index (χ1) is 8.60. The molecule has 94 valence electrons. The first-order valence-electron chi connectivity index (χ1n) is 5.09. The minimum absolute atomic E-state index is 0.161. The molecule has 3 N–H and O–H groups in total. The van der Waals surface area contributed by atoms with Gasteiger partial charge in [-0.15, -0.1) is 11.3 Å². The van der Waals surface area contributed by atoms with Crippen molar-refractivity contribution in [3.8, 4) is 5.75 Å². The number of ether oxygens (including phenoxy) is 1. The zero-order valence-electron chi connectivity index (χ0n) is 9.57. The van der Waals surface area contributed by atoms with Gasteiger partial charge in [-0.05, 0) is 40.8 Å². The van der Waals surface area contributed by atoms with Crippen molar-refractivity contribution in [1.29, 1.82) is 0 Å². The maximum absolute atomic E-state index is 11.9. The van der Waals surface area contributed by atoms with Crippen molar-refractivity contribution in [2.24, 2.45) is 0 Å². The van der Waals surface area contributed by atoms with Crippen molar-refractivity contribution in [2.75, 3.05) is 18.2 Å². The summed E-state index contributed by atoms with van der Waals surface area (Å²) in [6, 6.07) is 6.99. The predicted molar refractivity (Wildman–Crippen MR) is 82.4 cm³/mol. The molecule has 0 radical (unpaired) electrons. The molecule has 2 rings (SSSR count). The molecule has 1 heterocycles. The van der Waals surface area contributed by atoms with E-state index in [4.69, 9.17) is 10.5 Å². The molecule has 0 saturated heterocycles. The molecular weight excluding hydrogens is 363 g/mol. The Morgan fingerprint density at radius 1 is 1.44 bits per heavy atom. The van der Waals surface area contributed by atoms with E-state index in [9.17, 15) is 4.79 Å². The smallest absolute Gasteiger partial charge is 0.256 e. The van der Waals surface area contributed by atoms with Gasteiger partial charge in [-0.3, -0.25) is 4.79 Å². The zero-order chi connectivity index (χ0) is 13.1. The third-order valence-electron chi connectivity index (χ3n) is 2.34. The van der Waals surface area contributed by atoms with Crippen LogP contribution < -0.4 is 15.8 Å². The number of amides is 1. The summed E-state index contributed by atoms with van der Waals surface area (Å²) in [7, 11) is 1.57. The molecule has 0 aliphatic rings. The maximum atomic E-state index is 11.9. The summed E-state index contributed by atoms with van der Waals surface area (Å²) in [4.78, 5) is 11.9. The van der Waals surface area contributed by atoms with Crippen LogP contribution >= 0.6 is 33.9 Å². The number of hydrogen-bond donors (Lipinski definition) is 2. The Hall–Kier alpha value is -1.28. The first kappa shape index (κ1) is 13.2. The van der Waals surface area contributed by atoms with E-state index in [1.165, 1.54) is 11.3 Å². The third-order valence-corrected chi connectivity index (χ3v) is 4.13.